The SMILES string of the molecule is C=CC(=O)N1C[C@@H](F)[C@@H](NC(=O)C2Sc3nccc4c3C2NC(=O)N4c2ccc(Oc3ccccc3)cc2C)C1. The van der Waals surface area contributed by atoms with E-state index in [9.17, 15) is 18.8 Å². The number of amides is 4. The Labute approximate surface area is 234 Å². The number of hydrogen-bond donors (Lipinski definition) is 2. The van der Waals surface area contributed by atoms with Crippen LogP contribution in [-0.4, -0.2) is 58.3 Å². The maximum absolute atomic E-state index is 14.6. The fourth-order valence-electron chi connectivity index (χ4n) is 5.31. The maximum Gasteiger partial charge on any atom is 0.327 e. The van der Waals surface area contributed by atoms with Crippen molar-refractivity contribution >= 4 is 41.0 Å². The number of para-hydroxylation sites is 1. The molecule has 2 N–H and O–H groups in total. The zero-order chi connectivity index (χ0) is 28.0. The number of hydrogen-bond acceptors (Lipinski definition) is 6. The largest absolute Gasteiger partial charge is 0.457 e. The number of halogens is 1. The van der Waals surface area contributed by atoms with Crippen molar-refractivity contribution in [1.82, 2.24) is 20.5 Å². The molecule has 2 unspecified atom stereocenters. The van der Waals surface area contributed by atoms with Gasteiger partial charge in [-0.3, -0.25) is 14.5 Å². The van der Waals surface area contributed by atoms with Gasteiger partial charge in [0, 0.05) is 18.3 Å². The van der Waals surface area contributed by atoms with Crippen LogP contribution in [0.25, 0.3) is 0 Å². The standard InChI is InChI=1S/C29H26FN5O4S/c1-3-23(36)34-14-19(30)20(15-34)32-27(37)26-25-24-22(11-12-31-28(24)40-26)35(29(38)33-25)21-10-9-18(13-16(21)2)39-17-7-5-4-6-8-17/h3-13,19-20,25-26H,1,14-15H2,2H3,(H,32,37)(H,33,38)/t19-,20+,25?,26?/m1/s1. The fourth-order valence-corrected chi connectivity index (χ4v) is 6.54. The fraction of sp³-hybridized carbons (Fsp3) is 0.241. The second-order valence-electron chi connectivity index (χ2n) is 9.79. The molecule has 11 heteroatoms. The molecule has 3 aliphatic rings. The quantitative estimate of drug-likeness (QED) is 0.434. The Balaban J connectivity index is 1.24. The zero-order valence-electron chi connectivity index (χ0n) is 21.5. The maximum atomic E-state index is 14.6. The monoisotopic (exact) mass is 559 g/mol. The molecule has 6 rings (SSSR count). The number of anilines is 2. The van der Waals surface area contributed by atoms with E-state index in [0.717, 1.165) is 17.2 Å². The summed E-state index contributed by atoms with van der Waals surface area (Å²) in [5.41, 5.74) is 2.86. The number of likely N-dealkylation sites (tertiary alicyclic amines) is 1. The zero-order valence-corrected chi connectivity index (χ0v) is 22.4. The number of aryl methyl sites for hydroxylation is 1. The highest BCUT2D eigenvalue weighted by atomic mass is 32.2. The molecule has 1 aromatic heterocycles. The minimum Gasteiger partial charge on any atom is -0.457 e. The van der Waals surface area contributed by atoms with Crippen LogP contribution in [0.4, 0.5) is 20.6 Å². The van der Waals surface area contributed by atoms with Crippen LogP contribution in [0.1, 0.15) is 17.2 Å². The van der Waals surface area contributed by atoms with Gasteiger partial charge in [0.1, 0.15) is 27.9 Å². The summed E-state index contributed by atoms with van der Waals surface area (Å²) in [6.45, 7) is 5.28. The molecule has 0 radical (unpaired) electrons. The number of benzene rings is 2. The third kappa shape index (κ3) is 4.56. The molecule has 3 aromatic rings. The predicted molar refractivity (Wildman–Crippen MR) is 149 cm³/mol. The van der Waals surface area contributed by atoms with E-state index in [2.05, 4.69) is 22.2 Å². The molecule has 4 atom stereocenters. The smallest absolute Gasteiger partial charge is 0.327 e. The Morgan fingerprint density at radius 3 is 2.70 bits per heavy atom. The molecule has 0 bridgehead atoms. The normalized spacial score (nSPS) is 22.9. The first-order chi connectivity index (χ1) is 19.3. The minimum atomic E-state index is -1.40. The number of alkyl halides is 1. The van der Waals surface area contributed by atoms with Crippen molar-refractivity contribution in [1.29, 1.82) is 0 Å². The first-order valence-corrected chi connectivity index (χ1v) is 13.7. The molecular weight excluding hydrogens is 533 g/mol. The van der Waals surface area contributed by atoms with Gasteiger partial charge in [-0.2, -0.15) is 0 Å². The Bertz CT molecular complexity index is 1520. The first kappa shape index (κ1) is 25.9. The number of ether oxygens (including phenoxy) is 1. The van der Waals surface area contributed by atoms with E-state index in [-0.39, 0.29) is 25.0 Å². The van der Waals surface area contributed by atoms with Crippen LogP contribution in [0.5, 0.6) is 11.5 Å². The molecular formula is C29H26FN5O4S. The van der Waals surface area contributed by atoms with Gasteiger partial charge >= 0.3 is 6.03 Å². The number of rotatable bonds is 6. The summed E-state index contributed by atoms with van der Waals surface area (Å²) in [5.74, 6) is 0.539. The van der Waals surface area contributed by atoms with Crippen LogP contribution in [0, 0.1) is 6.92 Å². The summed E-state index contributed by atoms with van der Waals surface area (Å²) in [4.78, 5) is 46.1. The van der Waals surface area contributed by atoms with E-state index < -0.39 is 29.4 Å². The lowest BCUT2D eigenvalue weighted by molar-refractivity contribution is -0.126. The molecule has 3 aliphatic heterocycles. The summed E-state index contributed by atoms with van der Waals surface area (Å²) in [5, 5.41) is 5.60. The van der Waals surface area contributed by atoms with Crippen LogP contribution in [0.2, 0.25) is 0 Å². The Hall–Kier alpha value is -4.38. The summed E-state index contributed by atoms with van der Waals surface area (Å²) < 4.78 is 20.6. The van der Waals surface area contributed by atoms with Crippen LogP contribution < -0.4 is 20.3 Å². The Kier molecular flexibility index (Phi) is 6.67. The Morgan fingerprint density at radius 1 is 1.15 bits per heavy atom. The predicted octanol–water partition coefficient (Wildman–Crippen LogP) is 4.41. The van der Waals surface area contributed by atoms with Crippen LogP contribution >= 0.6 is 11.8 Å². The number of pyridine rings is 1. The second kappa shape index (κ2) is 10.3. The number of nitrogens with zero attached hydrogens (tertiary/aromatic N) is 3. The summed E-state index contributed by atoms with van der Waals surface area (Å²) >= 11 is 1.23. The lowest BCUT2D eigenvalue weighted by atomic mass is 9.99. The average Bonchev–Trinajstić information content (AvgIpc) is 3.50. The molecule has 1 fully saturated rings. The number of thioether (sulfide) groups is 1. The molecule has 40 heavy (non-hydrogen) atoms. The van der Waals surface area contributed by atoms with Gasteiger partial charge in [-0.05, 0) is 55.0 Å². The van der Waals surface area contributed by atoms with Crippen LogP contribution in [0.15, 0.2) is 78.5 Å². The van der Waals surface area contributed by atoms with Gasteiger partial charge in [-0.1, -0.05) is 36.5 Å². The van der Waals surface area contributed by atoms with Gasteiger partial charge in [0.15, 0.2) is 0 Å². The van der Waals surface area contributed by atoms with E-state index in [1.54, 1.807) is 23.2 Å². The first-order valence-electron chi connectivity index (χ1n) is 12.8. The van der Waals surface area contributed by atoms with E-state index >= 15 is 0 Å². The summed E-state index contributed by atoms with van der Waals surface area (Å²) in [6.07, 6.45) is 1.34. The van der Waals surface area contributed by atoms with E-state index in [1.807, 2.05) is 49.4 Å². The molecule has 204 valence electrons. The lowest BCUT2D eigenvalue weighted by Crippen LogP contribution is -2.51. The highest BCUT2D eigenvalue weighted by molar-refractivity contribution is 8.01. The van der Waals surface area contributed by atoms with Gasteiger partial charge in [-0.15, -0.1) is 0 Å². The molecule has 2 aromatic carbocycles. The molecule has 0 aliphatic carbocycles. The van der Waals surface area contributed by atoms with Gasteiger partial charge < -0.3 is 20.3 Å². The van der Waals surface area contributed by atoms with Crippen molar-refractivity contribution in [3.8, 4) is 11.5 Å². The summed E-state index contributed by atoms with van der Waals surface area (Å²) in [7, 11) is 0. The van der Waals surface area contributed by atoms with Crippen LogP contribution in [0.3, 0.4) is 0 Å². The lowest BCUT2D eigenvalue weighted by Gasteiger charge is -2.35. The molecule has 9 nitrogen and oxygen atoms in total. The topological polar surface area (TPSA) is 104 Å². The van der Waals surface area contributed by atoms with E-state index in [1.165, 1.54) is 16.7 Å². The van der Waals surface area contributed by atoms with Crippen molar-refractivity contribution in [2.45, 2.75) is 35.5 Å². The van der Waals surface area contributed by atoms with Gasteiger partial charge in [0.05, 0.1) is 30.0 Å². The highest BCUT2D eigenvalue weighted by Gasteiger charge is 2.48. The third-order valence-corrected chi connectivity index (χ3v) is 8.50. The number of urea groups is 1. The second-order valence-corrected chi connectivity index (χ2v) is 10.9. The number of carbonyl (C=O) groups is 3. The van der Waals surface area contributed by atoms with Crippen molar-refractivity contribution in [2.75, 3.05) is 18.0 Å². The van der Waals surface area contributed by atoms with E-state index in [4.69, 9.17) is 4.74 Å². The van der Waals surface area contributed by atoms with Crippen molar-refractivity contribution < 1.29 is 23.5 Å². The third-order valence-electron chi connectivity index (χ3n) is 7.21. The highest BCUT2D eigenvalue weighted by Crippen LogP contribution is 2.51. The molecule has 4 heterocycles. The molecule has 0 spiro atoms. The number of aromatic nitrogens is 1. The Morgan fingerprint density at radius 2 is 1.95 bits per heavy atom. The molecule has 1 saturated heterocycles. The van der Waals surface area contributed by atoms with Crippen LogP contribution in [-0.2, 0) is 9.59 Å². The number of carbonyl (C=O) groups excluding carboxylic acids is 3. The van der Waals surface area contributed by atoms with Gasteiger partial charge in [-0.25, -0.2) is 14.2 Å². The summed E-state index contributed by atoms with van der Waals surface area (Å²) in [6, 6.07) is 14.8. The number of nitrogens with one attached hydrogen (secondary N) is 2. The molecule has 0 saturated carbocycles. The van der Waals surface area contributed by atoms with Gasteiger partial charge in [0.2, 0.25) is 11.8 Å². The average molecular weight is 560 g/mol. The van der Waals surface area contributed by atoms with Crippen molar-refractivity contribution in [3.05, 3.63) is 84.6 Å². The van der Waals surface area contributed by atoms with Crippen molar-refractivity contribution in [2.24, 2.45) is 0 Å². The van der Waals surface area contributed by atoms with Crippen molar-refractivity contribution in [3.63, 3.8) is 0 Å². The molecule has 4 amide bonds. The van der Waals surface area contributed by atoms with Gasteiger partial charge in [0.25, 0.3) is 0 Å². The minimum absolute atomic E-state index is 0.0552. The van der Waals surface area contributed by atoms with E-state index in [0.29, 0.717) is 27.9 Å².